The predicted octanol–water partition coefficient (Wildman–Crippen LogP) is -0.800. The number of aromatic nitrogens is 1. The highest BCUT2D eigenvalue weighted by Gasteiger charge is 2.20. The molecule has 1 amide bonds. The molecule has 0 saturated carbocycles. The number of amides is 1. The number of rotatable bonds is 4. The van der Waals surface area contributed by atoms with Crippen LogP contribution in [0.4, 0.5) is 0 Å². The van der Waals surface area contributed by atoms with Gasteiger partial charge >= 0.3 is 5.97 Å². The zero-order valence-electron chi connectivity index (χ0n) is 8.17. The number of hydrogen-bond donors (Lipinski definition) is 3. The molecular formula is C9H12N2O4. The summed E-state index contributed by atoms with van der Waals surface area (Å²) in [7, 11) is 1.67. The largest absolute Gasteiger partial charge is 0.480 e. The average molecular weight is 212 g/mol. The second kappa shape index (κ2) is 4.61. The monoisotopic (exact) mass is 212 g/mol. The van der Waals surface area contributed by atoms with Crippen molar-refractivity contribution >= 4 is 11.9 Å². The number of aryl methyl sites for hydroxylation is 1. The number of aliphatic carboxylic acids is 1. The lowest BCUT2D eigenvalue weighted by atomic mass is 10.3. The first-order valence-corrected chi connectivity index (χ1v) is 4.32. The highest BCUT2D eigenvalue weighted by atomic mass is 16.4. The van der Waals surface area contributed by atoms with Crippen LogP contribution >= 0.6 is 0 Å². The Morgan fingerprint density at radius 2 is 2.27 bits per heavy atom. The first kappa shape index (κ1) is 11.3. The Kier molecular flexibility index (Phi) is 3.46. The second-order valence-electron chi connectivity index (χ2n) is 3.05. The van der Waals surface area contributed by atoms with Crippen LogP contribution in [0.1, 0.15) is 10.5 Å². The molecule has 1 heterocycles. The fraction of sp³-hybridized carbons (Fsp3) is 0.333. The van der Waals surface area contributed by atoms with Crippen LogP contribution in [0.5, 0.6) is 0 Å². The first-order chi connectivity index (χ1) is 7.06. The Labute approximate surface area is 86.1 Å². The van der Waals surface area contributed by atoms with Gasteiger partial charge in [-0.25, -0.2) is 4.79 Å². The van der Waals surface area contributed by atoms with E-state index in [0.717, 1.165) is 0 Å². The summed E-state index contributed by atoms with van der Waals surface area (Å²) in [6.45, 7) is -0.633. The summed E-state index contributed by atoms with van der Waals surface area (Å²) < 4.78 is 1.56. The number of hydrogen-bond acceptors (Lipinski definition) is 3. The first-order valence-electron chi connectivity index (χ1n) is 4.32. The maximum Gasteiger partial charge on any atom is 0.328 e. The van der Waals surface area contributed by atoms with E-state index in [1.165, 1.54) is 0 Å². The van der Waals surface area contributed by atoms with E-state index in [1.807, 2.05) is 0 Å². The highest BCUT2D eigenvalue weighted by molar-refractivity contribution is 5.95. The van der Waals surface area contributed by atoms with Crippen LogP contribution in [0, 0.1) is 0 Å². The maximum atomic E-state index is 11.5. The van der Waals surface area contributed by atoms with Gasteiger partial charge in [0.05, 0.1) is 6.61 Å². The minimum Gasteiger partial charge on any atom is -0.480 e. The standard InChI is InChI=1S/C9H12N2O4/c1-11-4-2-3-7(11)8(13)10-6(5-12)9(14)15/h2-4,6,12H,5H2,1H3,(H,10,13)(H,14,15)/t6-/m0/s1. The van der Waals surface area contributed by atoms with Gasteiger partial charge in [0.15, 0.2) is 6.04 Å². The molecule has 82 valence electrons. The van der Waals surface area contributed by atoms with Crippen molar-refractivity contribution in [3.05, 3.63) is 24.0 Å². The molecule has 0 radical (unpaired) electrons. The maximum absolute atomic E-state index is 11.5. The lowest BCUT2D eigenvalue weighted by Gasteiger charge is -2.11. The molecule has 0 aliphatic rings. The van der Waals surface area contributed by atoms with Crippen molar-refractivity contribution in [2.24, 2.45) is 7.05 Å². The molecule has 0 aliphatic carbocycles. The fourth-order valence-corrected chi connectivity index (χ4v) is 1.11. The Balaban J connectivity index is 2.71. The second-order valence-corrected chi connectivity index (χ2v) is 3.05. The number of carboxylic acids is 1. The van der Waals surface area contributed by atoms with Crippen molar-refractivity contribution in [1.29, 1.82) is 0 Å². The molecule has 0 unspecified atom stereocenters. The molecule has 1 atom stereocenters. The van der Waals surface area contributed by atoms with Crippen molar-refractivity contribution in [1.82, 2.24) is 9.88 Å². The number of aliphatic hydroxyl groups is 1. The summed E-state index contributed by atoms with van der Waals surface area (Å²) in [6, 6.07) is 1.96. The van der Waals surface area contributed by atoms with Crippen LogP contribution in [0.2, 0.25) is 0 Å². The highest BCUT2D eigenvalue weighted by Crippen LogP contribution is 1.99. The van der Waals surface area contributed by atoms with E-state index in [2.05, 4.69) is 5.32 Å². The summed E-state index contributed by atoms with van der Waals surface area (Å²) in [5.74, 6) is -1.79. The summed E-state index contributed by atoms with van der Waals surface area (Å²) >= 11 is 0. The zero-order valence-corrected chi connectivity index (χ0v) is 8.17. The molecule has 1 aromatic heterocycles. The van der Waals surface area contributed by atoms with Gasteiger partial charge in [0, 0.05) is 13.2 Å². The van der Waals surface area contributed by atoms with E-state index < -0.39 is 24.5 Å². The smallest absolute Gasteiger partial charge is 0.328 e. The Morgan fingerprint density at radius 1 is 1.60 bits per heavy atom. The van der Waals surface area contributed by atoms with E-state index in [0.29, 0.717) is 5.69 Å². The van der Waals surface area contributed by atoms with Crippen LogP contribution in [-0.4, -0.2) is 39.3 Å². The lowest BCUT2D eigenvalue weighted by Crippen LogP contribution is -2.43. The molecule has 0 fully saturated rings. The van der Waals surface area contributed by atoms with Crippen molar-refractivity contribution < 1.29 is 19.8 Å². The van der Waals surface area contributed by atoms with E-state index in [9.17, 15) is 9.59 Å². The van der Waals surface area contributed by atoms with E-state index in [1.54, 1.807) is 29.9 Å². The summed E-state index contributed by atoms with van der Waals surface area (Å²) in [6.07, 6.45) is 1.67. The normalized spacial score (nSPS) is 12.1. The third kappa shape index (κ3) is 2.57. The van der Waals surface area contributed by atoms with E-state index >= 15 is 0 Å². The van der Waals surface area contributed by atoms with Crippen LogP contribution in [-0.2, 0) is 11.8 Å². The molecule has 0 spiro atoms. The summed E-state index contributed by atoms with van der Waals surface area (Å²) in [5.41, 5.74) is 0.342. The van der Waals surface area contributed by atoms with Crippen LogP contribution < -0.4 is 5.32 Å². The molecule has 1 rings (SSSR count). The van der Waals surface area contributed by atoms with Gasteiger partial charge in [0.1, 0.15) is 5.69 Å². The number of carbonyl (C=O) groups excluding carboxylic acids is 1. The van der Waals surface area contributed by atoms with Crippen LogP contribution in [0.3, 0.4) is 0 Å². The quantitative estimate of drug-likeness (QED) is 0.609. The minimum atomic E-state index is -1.27. The minimum absolute atomic E-state index is 0.342. The van der Waals surface area contributed by atoms with Gasteiger partial charge in [0.25, 0.3) is 5.91 Å². The number of aliphatic hydroxyl groups excluding tert-OH is 1. The molecule has 0 saturated heterocycles. The molecule has 0 bridgehead atoms. The van der Waals surface area contributed by atoms with E-state index in [4.69, 9.17) is 10.2 Å². The predicted molar refractivity (Wildman–Crippen MR) is 51.4 cm³/mol. The number of nitrogens with zero attached hydrogens (tertiary/aromatic N) is 1. The Bertz CT molecular complexity index is 372. The average Bonchev–Trinajstić information content (AvgIpc) is 2.60. The van der Waals surface area contributed by atoms with Gasteiger partial charge in [0.2, 0.25) is 0 Å². The Hall–Kier alpha value is -1.82. The molecule has 0 aliphatic heterocycles. The SMILES string of the molecule is Cn1cccc1C(=O)N[C@@H](CO)C(=O)O. The number of carbonyl (C=O) groups is 2. The van der Waals surface area contributed by atoms with Crippen molar-refractivity contribution in [2.75, 3.05) is 6.61 Å². The van der Waals surface area contributed by atoms with Gasteiger partial charge < -0.3 is 20.1 Å². The van der Waals surface area contributed by atoms with Gasteiger partial charge in [-0.3, -0.25) is 4.79 Å². The van der Waals surface area contributed by atoms with Crippen molar-refractivity contribution in [3.63, 3.8) is 0 Å². The molecule has 6 nitrogen and oxygen atoms in total. The number of nitrogens with one attached hydrogen (secondary N) is 1. The van der Waals surface area contributed by atoms with Gasteiger partial charge in [-0.1, -0.05) is 0 Å². The van der Waals surface area contributed by atoms with Crippen molar-refractivity contribution in [3.8, 4) is 0 Å². The summed E-state index contributed by atoms with van der Waals surface area (Å²) in [5, 5.41) is 19.5. The van der Waals surface area contributed by atoms with Crippen LogP contribution in [0.15, 0.2) is 18.3 Å². The molecule has 6 heteroatoms. The molecule has 3 N–H and O–H groups in total. The van der Waals surface area contributed by atoms with Crippen molar-refractivity contribution in [2.45, 2.75) is 6.04 Å². The van der Waals surface area contributed by atoms with Gasteiger partial charge in [-0.2, -0.15) is 0 Å². The third-order valence-corrected chi connectivity index (χ3v) is 1.96. The third-order valence-electron chi connectivity index (χ3n) is 1.96. The Morgan fingerprint density at radius 3 is 2.67 bits per heavy atom. The van der Waals surface area contributed by atoms with Crippen LogP contribution in [0.25, 0.3) is 0 Å². The summed E-state index contributed by atoms with van der Waals surface area (Å²) in [4.78, 5) is 22.0. The molecule has 1 aromatic rings. The van der Waals surface area contributed by atoms with Gasteiger partial charge in [-0.05, 0) is 12.1 Å². The van der Waals surface area contributed by atoms with Gasteiger partial charge in [-0.15, -0.1) is 0 Å². The molecular weight excluding hydrogens is 200 g/mol. The molecule has 0 aromatic carbocycles. The zero-order chi connectivity index (χ0) is 11.4. The number of carboxylic acid groups (broad SMARTS) is 1. The fourth-order valence-electron chi connectivity index (χ4n) is 1.11. The molecule has 15 heavy (non-hydrogen) atoms. The topological polar surface area (TPSA) is 91.6 Å². The lowest BCUT2D eigenvalue weighted by molar-refractivity contribution is -0.140. The van der Waals surface area contributed by atoms with E-state index in [-0.39, 0.29) is 0 Å².